The maximum Gasteiger partial charge on any atom is 0.265 e. The first-order valence-electron chi connectivity index (χ1n) is 10.9. The molecule has 0 radical (unpaired) electrons. The Bertz CT molecular complexity index is 1410. The van der Waals surface area contributed by atoms with Gasteiger partial charge < -0.3 is 9.88 Å². The Morgan fingerprint density at radius 2 is 2.09 bits per heavy atom. The average Bonchev–Trinajstić information content (AvgIpc) is 3.62. The summed E-state index contributed by atoms with van der Waals surface area (Å²) in [5.41, 5.74) is 2.57. The molecular formula is C24H20F2N8. The van der Waals surface area contributed by atoms with Crippen molar-refractivity contribution in [2.24, 2.45) is 5.92 Å². The van der Waals surface area contributed by atoms with Crippen LogP contribution in [0.2, 0.25) is 0 Å². The van der Waals surface area contributed by atoms with E-state index in [0.717, 1.165) is 28.7 Å². The number of halogens is 2. The molecule has 1 saturated heterocycles. The van der Waals surface area contributed by atoms with Gasteiger partial charge in [-0.3, -0.25) is 4.68 Å². The predicted molar refractivity (Wildman–Crippen MR) is 121 cm³/mol. The van der Waals surface area contributed by atoms with E-state index in [-0.39, 0.29) is 29.5 Å². The third-order valence-corrected chi connectivity index (χ3v) is 6.40. The quantitative estimate of drug-likeness (QED) is 0.452. The summed E-state index contributed by atoms with van der Waals surface area (Å²) >= 11 is 0. The molecule has 2 atom stereocenters. The molecule has 0 spiro atoms. The van der Waals surface area contributed by atoms with Crippen molar-refractivity contribution in [1.82, 2.24) is 24.7 Å². The number of anilines is 1. The molecule has 4 aromatic rings. The molecule has 3 aromatic heterocycles. The number of hydrogen-bond donors (Lipinski definition) is 1. The first-order chi connectivity index (χ1) is 16.6. The second-order valence-electron chi connectivity index (χ2n) is 8.25. The largest absolute Gasteiger partial charge is 0.370 e. The molecule has 1 aliphatic heterocycles. The van der Waals surface area contributed by atoms with Crippen molar-refractivity contribution >= 4 is 16.7 Å². The normalized spacial score (nSPS) is 16.6. The van der Waals surface area contributed by atoms with E-state index in [1.54, 1.807) is 29.2 Å². The van der Waals surface area contributed by atoms with Gasteiger partial charge in [-0.1, -0.05) is 12.1 Å². The van der Waals surface area contributed by atoms with Gasteiger partial charge in [0, 0.05) is 47.9 Å². The lowest BCUT2D eigenvalue weighted by molar-refractivity contribution is 0.151. The van der Waals surface area contributed by atoms with Gasteiger partial charge in [-0.05, 0) is 18.6 Å². The molecule has 1 fully saturated rings. The molecule has 1 aromatic carbocycles. The van der Waals surface area contributed by atoms with Gasteiger partial charge in [0.15, 0.2) is 0 Å². The summed E-state index contributed by atoms with van der Waals surface area (Å²) < 4.78 is 28.6. The van der Waals surface area contributed by atoms with E-state index in [1.165, 1.54) is 12.4 Å². The third kappa shape index (κ3) is 3.73. The van der Waals surface area contributed by atoms with E-state index in [4.69, 9.17) is 0 Å². The van der Waals surface area contributed by atoms with Crippen LogP contribution in [-0.4, -0.2) is 37.8 Å². The predicted octanol–water partition coefficient (Wildman–Crippen LogP) is 4.61. The smallest absolute Gasteiger partial charge is 0.265 e. The van der Waals surface area contributed by atoms with Crippen molar-refractivity contribution in [3.63, 3.8) is 0 Å². The summed E-state index contributed by atoms with van der Waals surface area (Å²) in [6, 6.07) is 10.5. The maximum absolute atomic E-state index is 13.4. The molecule has 0 saturated carbocycles. The summed E-state index contributed by atoms with van der Waals surface area (Å²) in [6.45, 7) is 1.15. The molecule has 1 aliphatic rings. The fourth-order valence-electron chi connectivity index (χ4n) is 4.76. The lowest BCUT2D eigenvalue weighted by Crippen LogP contribution is -2.25. The van der Waals surface area contributed by atoms with Crippen LogP contribution in [0.4, 0.5) is 14.5 Å². The second kappa shape index (κ2) is 8.91. The number of aromatic amines is 1. The van der Waals surface area contributed by atoms with E-state index < -0.39 is 6.43 Å². The Balaban J connectivity index is 1.42. The summed E-state index contributed by atoms with van der Waals surface area (Å²) in [4.78, 5) is 13.7. The number of alkyl halides is 2. The lowest BCUT2D eigenvalue weighted by atomic mass is 9.96. The van der Waals surface area contributed by atoms with Crippen molar-refractivity contribution < 1.29 is 8.78 Å². The number of H-pyrrole nitrogens is 1. The van der Waals surface area contributed by atoms with Gasteiger partial charge in [-0.2, -0.15) is 15.6 Å². The summed E-state index contributed by atoms with van der Waals surface area (Å²) in [5, 5.41) is 24.5. The van der Waals surface area contributed by atoms with E-state index in [1.807, 2.05) is 23.2 Å². The summed E-state index contributed by atoms with van der Waals surface area (Å²) in [5.74, 6) is 0.0619. The fraction of sp³-hybridized carbons (Fsp3) is 0.292. The first kappa shape index (κ1) is 21.5. The van der Waals surface area contributed by atoms with Crippen molar-refractivity contribution in [2.45, 2.75) is 25.3 Å². The minimum absolute atomic E-state index is 0.00985. The Labute approximate surface area is 194 Å². The van der Waals surface area contributed by atoms with E-state index in [2.05, 4.69) is 26.1 Å². The highest BCUT2D eigenvalue weighted by molar-refractivity contribution is 5.89. The van der Waals surface area contributed by atoms with Crippen LogP contribution in [0.15, 0.2) is 49.2 Å². The van der Waals surface area contributed by atoms with Crippen LogP contribution in [0.3, 0.4) is 0 Å². The highest BCUT2D eigenvalue weighted by Crippen LogP contribution is 2.37. The Hall–Kier alpha value is -4.31. The zero-order valence-electron chi connectivity index (χ0n) is 18.1. The fourth-order valence-corrected chi connectivity index (χ4v) is 4.76. The maximum atomic E-state index is 13.4. The SMILES string of the molecule is N#CCC(C1CCN(c2cccc(C(F)F)c2C#N)C1)n1cc(-c2ncnc3[nH]ccc23)cn1. The number of nitrogens with zero attached hydrogens (tertiary/aromatic N) is 7. The molecule has 4 heterocycles. The molecule has 34 heavy (non-hydrogen) atoms. The minimum atomic E-state index is -2.71. The van der Waals surface area contributed by atoms with Gasteiger partial charge in [0.2, 0.25) is 0 Å². The topological polar surface area (TPSA) is 110 Å². The molecule has 1 N–H and O–H groups in total. The number of hydrogen-bond acceptors (Lipinski definition) is 6. The lowest BCUT2D eigenvalue weighted by Gasteiger charge is -2.24. The number of benzene rings is 1. The van der Waals surface area contributed by atoms with Crippen molar-refractivity contribution in [2.75, 3.05) is 18.0 Å². The standard InChI is InChI=1S/C24H20F2N8/c25-23(26)17-2-1-3-21(19(17)10-28)33-9-6-15(12-33)20(4-7-27)34-13-16(11-32-34)22-18-5-8-29-24(18)31-14-30-22/h1-3,5,8,11,13-15,20,23H,4,6,9,12H2,(H,29,30,31). The summed E-state index contributed by atoms with van der Waals surface area (Å²) in [6.07, 6.45) is 5.20. The number of nitrogens with one attached hydrogen (secondary N) is 1. The van der Waals surface area contributed by atoms with Gasteiger partial charge in [0.1, 0.15) is 18.0 Å². The molecule has 2 unspecified atom stereocenters. The minimum Gasteiger partial charge on any atom is -0.370 e. The van der Waals surface area contributed by atoms with Crippen LogP contribution in [0, 0.1) is 28.6 Å². The van der Waals surface area contributed by atoms with Crippen LogP contribution in [0.25, 0.3) is 22.3 Å². The third-order valence-electron chi connectivity index (χ3n) is 6.40. The average molecular weight is 458 g/mol. The number of rotatable bonds is 6. The highest BCUT2D eigenvalue weighted by Gasteiger charge is 2.33. The van der Waals surface area contributed by atoms with Crippen molar-refractivity contribution in [1.29, 1.82) is 10.5 Å². The van der Waals surface area contributed by atoms with Gasteiger partial charge in [-0.15, -0.1) is 0 Å². The summed E-state index contributed by atoms with van der Waals surface area (Å²) in [7, 11) is 0. The van der Waals surface area contributed by atoms with Crippen LogP contribution in [0.1, 0.15) is 36.4 Å². The molecular weight excluding hydrogens is 438 g/mol. The van der Waals surface area contributed by atoms with E-state index in [9.17, 15) is 19.3 Å². The van der Waals surface area contributed by atoms with E-state index >= 15 is 0 Å². The van der Waals surface area contributed by atoms with Gasteiger partial charge in [0.25, 0.3) is 6.43 Å². The molecule has 0 amide bonds. The Morgan fingerprint density at radius 3 is 2.88 bits per heavy atom. The number of fused-ring (bicyclic) bond motifs is 1. The number of nitriles is 2. The van der Waals surface area contributed by atoms with Crippen molar-refractivity contribution in [3.05, 3.63) is 60.3 Å². The molecule has 170 valence electrons. The highest BCUT2D eigenvalue weighted by atomic mass is 19.3. The zero-order chi connectivity index (χ0) is 23.7. The number of aromatic nitrogens is 5. The first-order valence-corrected chi connectivity index (χ1v) is 10.9. The van der Waals surface area contributed by atoms with Gasteiger partial charge in [-0.25, -0.2) is 18.7 Å². The molecule has 8 nitrogen and oxygen atoms in total. The Kier molecular flexibility index (Phi) is 5.64. The van der Waals surface area contributed by atoms with Crippen LogP contribution in [0.5, 0.6) is 0 Å². The van der Waals surface area contributed by atoms with E-state index in [0.29, 0.717) is 18.8 Å². The zero-order valence-corrected chi connectivity index (χ0v) is 18.1. The molecule has 0 aliphatic carbocycles. The second-order valence-corrected chi connectivity index (χ2v) is 8.25. The van der Waals surface area contributed by atoms with Crippen LogP contribution in [-0.2, 0) is 0 Å². The molecule has 0 bridgehead atoms. The van der Waals surface area contributed by atoms with Crippen LogP contribution < -0.4 is 4.90 Å². The van der Waals surface area contributed by atoms with Gasteiger partial charge in [0.05, 0.1) is 41.7 Å². The molecule has 10 heteroatoms. The monoisotopic (exact) mass is 458 g/mol. The van der Waals surface area contributed by atoms with Gasteiger partial charge >= 0.3 is 0 Å². The van der Waals surface area contributed by atoms with Crippen molar-refractivity contribution in [3.8, 4) is 23.4 Å². The van der Waals surface area contributed by atoms with Crippen LogP contribution >= 0.6 is 0 Å². The Morgan fingerprint density at radius 1 is 1.21 bits per heavy atom. The molecule has 5 rings (SSSR count).